The quantitative estimate of drug-likeness (QED) is 0.690. The Morgan fingerprint density at radius 2 is 1.71 bits per heavy atom. The molecule has 17 heavy (non-hydrogen) atoms. The molecule has 1 aliphatic carbocycles. The van der Waals surface area contributed by atoms with E-state index in [-0.39, 0.29) is 0 Å². The van der Waals surface area contributed by atoms with Gasteiger partial charge in [0.2, 0.25) is 0 Å². The second kappa shape index (κ2) is 7.00. The molecule has 1 heterocycles. The monoisotopic (exact) mass is 238 g/mol. The summed E-state index contributed by atoms with van der Waals surface area (Å²) in [5.74, 6) is 0. The van der Waals surface area contributed by atoms with Gasteiger partial charge in [-0.15, -0.1) is 0 Å². The Bertz CT molecular complexity index is 247. The van der Waals surface area contributed by atoms with Gasteiger partial charge in [0.15, 0.2) is 0 Å². The molecule has 0 radical (unpaired) electrons. The second-order valence-corrected chi connectivity index (χ2v) is 5.33. The van der Waals surface area contributed by atoms with E-state index in [0.717, 1.165) is 6.42 Å². The molecule has 0 N–H and O–H groups in total. The highest BCUT2D eigenvalue weighted by atomic mass is 16.6. The molecule has 1 saturated carbocycles. The molecule has 1 atom stereocenters. The molecule has 1 aliphatic heterocycles. The molecule has 2 fully saturated rings. The van der Waals surface area contributed by atoms with Gasteiger partial charge in [-0.2, -0.15) is 0 Å². The minimum atomic E-state index is 0.565. The van der Waals surface area contributed by atoms with Crippen LogP contribution in [0.4, 0.5) is 0 Å². The van der Waals surface area contributed by atoms with Crippen LogP contribution >= 0.6 is 0 Å². The molecule has 98 valence electrons. The molecule has 2 aliphatic rings. The van der Waals surface area contributed by atoms with Gasteiger partial charge in [-0.25, -0.2) is 0 Å². The highest BCUT2D eigenvalue weighted by Gasteiger charge is 2.26. The zero-order valence-corrected chi connectivity index (χ0v) is 11.2. The standard InChI is InChI=1S/C14H26N2O/c1-17-15-13-9-5-3-2-4-6-10-14(13)16-11-7-8-12-16/h14H,2-12H2,1H3. The predicted octanol–water partition coefficient (Wildman–Crippen LogP) is 3.20. The van der Waals surface area contributed by atoms with E-state index in [0.29, 0.717) is 6.04 Å². The SMILES string of the molecule is CON=C1CCCCCCCC1N1CCCC1. The molecule has 0 bridgehead atoms. The van der Waals surface area contributed by atoms with Gasteiger partial charge in [0.25, 0.3) is 0 Å². The zero-order valence-electron chi connectivity index (χ0n) is 11.2. The van der Waals surface area contributed by atoms with Crippen LogP contribution in [0, 0.1) is 0 Å². The van der Waals surface area contributed by atoms with Crippen molar-refractivity contribution in [1.29, 1.82) is 0 Å². The number of hydrogen-bond acceptors (Lipinski definition) is 3. The molecular formula is C14H26N2O. The van der Waals surface area contributed by atoms with E-state index in [1.165, 1.54) is 70.2 Å². The molecule has 0 spiro atoms. The molecule has 3 heteroatoms. The van der Waals surface area contributed by atoms with E-state index < -0.39 is 0 Å². The van der Waals surface area contributed by atoms with Crippen molar-refractivity contribution < 1.29 is 4.84 Å². The number of rotatable bonds is 2. The first kappa shape index (κ1) is 12.9. The minimum Gasteiger partial charge on any atom is -0.399 e. The van der Waals surface area contributed by atoms with Crippen LogP contribution in [0.15, 0.2) is 5.16 Å². The zero-order chi connectivity index (χ0) is 11.9. The van der Waals surface area contributed by atoms with Crippen LogP contribution < -0.4 is 0 Å². The van der Waals surface area contributed by atoms with Crippen LogP contribution in [-0.4, -0.2) is 36.9 Å². The van der Waals surface area contributed by atoms with Crippen molar-refractivity contribution in [3.63, 3.8) is 0 Å². The summed E-state index contributed by atoms with van der Waals surface area (Å²) >= 11 is 0. The van der Waals surface area contributed by atoms with E-state index in [2.05, 4.69) is 10.1 Å². The third kappa shape index (κ3) is 3.70. The van der Waals surface area contributed by atoms with Crippen LogP contribution in [0.5, 0.6) is 0 Å². The lowest BCUT2D eigenvalue weighted by atomic mass is 10.0. The first-order chi connectivity index (χ1) is 8.42. The van der Waals surface area contributed by atoms with Crippen molar-refractivity contribution in [3.05, 3.63) is 0 Å². The van der Waals surface area contributed by atoms with Gasteiger partial charge in [-0.1, -0.05) is 30.8 Å². The van der Waals surface area contributed by atoms with E-state index >= 15 is 0 Å². The molecule has 0 aromatic carbocycles. The summed E-state index contributed by atoms with van der Waals surface area (Å²) in [7, 11) is 1.68. The molecule has 2 rings (SSSR count). The number of hydrogen-bond donors (Lipinski definition) is 0. The Morgan fingerprint density at radius 1 is 1.00 bits per heavy atom. The summed E-state index contributed by atoms with van der Waals surface area (Å²) in [5.41, 5.74) is 1.30. The first-order valence-electron chi connectivity index (χ1n) is 7.26. The third-order valence-electron chi connectivity index (χ3n) is 4.09. The molecular weight excluding hydrogens is 212 g/mol. The van der Waals surface area contributed by atoms with Gasteiger partial charge >= 0.3 is 0 Å². The van der Waals surface area contributed by atoms with Crippen molar-refractivity contribution in [1.82, 2.24) is 4.90 Å². The van der Waals surface area contributed by atoms with E-state index in [1.807, 2.05) is 0 Å². The summed E-state index contributed by atoms with van der Waals surface area (Å²) in [6.45, 7) is 2.51. The first-order valence-corrected chi connectivity index (χ1v) is 7.26. The van der Waals surface area contributed by atoms with Gasteiger partial charge < -0.3 is 4.84 Å². The van der Waals surface area contributed by atoms with Crippen molar-refractivity contribution in [2.24, 2.45) is 5.16 Å². The maximum Gasteiger partial charge on any atom is 0.106 e. The van der Waals surface area contributed by atoms with Crippen LogP contribution in [0.2, 0.25) is 0 Å². The largest absolute Gasteiger partial charge is 0.399 e. The Labute approximate surface area is 105 Å². The summed E-state index contributed by atoms with van der Waals surface area (Å²) in [6.07, 6.45) is 11.9. The summed E-state index contributed by atoms with van der Waals surface area (Å²) in [5, 5.41) is 4.33. The average Bonchev–Trinajstić information content (AvgIpc) is 2.86. The molecule has 0 aromatic heterocycles. The van der Waals surface area contributed by atoms with Crippen LogP contribution in [0.3, 0.4) is 0 Å². The Hall–Kier alpha value is -0.570. The van der Waals surface area contributed by atoms with Crippen molar-refractivity contribution >= 4 is 5.71 Å². The van der Waals surface area contributed by atoms with Gasteiger partial charge in [0.1, 0.15) is 7.11 Å². The maximum absolute atomic E-state index is 5.07. The van der Waals surface area contributed by atoms with Crippen LogP contribution in [-0.2, 0) is 4.84 Å². The molecule has 1 saturated heterocycles. The molecule has 3 nitrogen and oxygen atoms in total. The smallest absolute Gasteiger partial charge is 0.106 e. The average molecular weight is 238 g/mol. The lowest BCUT2D eigenvalue weighted by Gasteiger charge is -2.28. The van der Waals surface area contributed by atoms with E-state index in [4.69, 9.17) is 4.84 Å². The Balaban J connectivity index is 2.05. The number of nitrogens with zero attached hydrogens (tertiary/aromatic N) is 2. The summed E-state index contributed by atoms with van der Waals surface area (Å²) < 4.78 is 0. The van der Waals surface area contributed by atoms with Gasteiger partial charge in [0, 0.05) is 0 Å². The Kier molecular flexibility index (Phi) is 5.30. The Morgan fingerprint density at radius 3 is 2.47 bits per heavy atom. The van der Waals surface area contributed by atoms with Crippen molar-refractivity contribution in [2.75, 3.05) is 20.2 Å². The fourth-order valence-electron chi connectivity index (χ4n) is 3.18. The summed E-state index contributed by atoms with van der Waals surface area (Å²) in [4.78, 5) is 7.70. The van der Waals surface area contributed by atoms with E-state index in [9.17, 15) is 0 Å². The topological polar surface area (TPSA) is 24.8 Å². The van der Waals surface area contributed by atoms with Crippen LogP contribution in [0.1, 0.15) is 57.8 Å². The van der Waals surface area contributed by atoms with Crippen molar-refractivity contribution in [3.8, 4) is 0 Å². The normalized spacial score (nSPS) is 30.9. The number of likely N-dealkylation sites (tertiary alicyclic amines) is 1. The molecule has 1 unspecified atom stereocenters. The fraction of sp³-hybridized carbons (Fsp3) is 0.929. The highest BCUT2D eigenvalue weighted by Crippen LogP contribution is 2.23. The summed E-state index contributed by atoms with van der Waals surface area (Å²) in [6, 6.07) is 0.565. The fourth-order valence-corrected chi connectivity index (χ4v) is 3.18. The van der Waals surface area contributed by atoms with Gasteiger partial charge in [-0.3, -0.25) is 4.90 Å². The predicted molar refractivity (Wildman–Crippen MR) is 71.4 cm³/mol. The van der Waals surface area contributed by atoms with E-state index in [1.54, 1.807) is 7.11 Å². The number of oxime groups is 1. The van der Waals surface area contributed by atoms with Gasteiger partial charge in [0.05, 0.1) is 11.8 Å². The highest BCUT2D eigenvalue weighted by molar-refractivity contribution is 5.89. The third-order valence-corrected chi connectivity index (χ3v) is 4.09. The second-order valence-electron chi connectivity index (χ2n) is 5.33. The maximum atomic E-state index is 5.07. The van der Waals surface area contributed by atoms with Crippen molar-refractivity contribution in [2.45, 2.75) is 63.8 Å². The molecule has 0 aromatic rings. The lowest BCUT2D eigenvalue weighted by Crippen LogP contribution is -2.39. The van der Waals surface area contributed by atoms with Gasteiger partial charge in [-0.05, 0) is 45.2 Å². The minimum absolute atomic E-state index is 0.565. The molecule has 0 amide bonds. The lowest BCUT2D eigenvalue weighted by molar-refractivity contribution is 0.202. The van der Waals surface area contributed by atoms with Crippen LogP contribution in [0.25, 0.3) is 0 Å².